The Balaban J connectivity index is 1.39. The summed E-state index contributed by atoms with van der Waals surface area (Å²) in [4.78, 5) is 23.2. The number of aryl methyl sites for hydroxylation is 1. The quantitative estimate of drug-likeness (QED) is 0.282. The molecule has 0 unspecified atom stereocenters. The zero-order valence-corrected chi connectivity index (χ0v) is 19.4. The minimum atomic E-state index is -1.01. The molecule has 34 heavy (non-hydrogen) atoms. The molecule has 2 N–H and O–H groups in total. The Labute approximate surface area is 203 Å². The average molecular weight is 486 g/mol. The Morgan fingerprint density at radius 2 is 1.94 bits per heavy atom. The van der Waals surface area contributed by atoms with E-state index in [4.69, 9.17) is 16.3 Å². The van der Waals surface area contributed by atoms with Crippen molar-refractivity contribution in [1.82, 2.24) is 15.0 Å². The summed E-state index contributed by atoms with van der Waals surface area (Å²) < 4.78 is 5.75. The largest absolute Gasteiger partial charge is 0.478 e. The number of carboxylic acid groups (broad SMARTS) is 1. The minimum absolute atomic E-state index is 0.175. The maximum Gasteiger partial charge on any atom is 0.336 e. The van der Waals surface area contributed by atoms with Crippen LogP contribution in [0.15, 0.2) is 65.5 Å². The number of hydrogen-bond acceptors (Lipinski definition) is 5. The number of fused-ring (bicyclic) bond motifs is 1. The van der Waals surface area contributed by atoms with Crippen LogP contribution in [0.3, 0.4) is 0 Å². The first-order chi connectivity index (χ1) is 16.5. The molecule has 8 heteroatoms. The second-order valence-corrected chi connectivity index (χ2v) is 8.60. The van der Waals surface area contributed by atoms with Crippen LogP contribution in [-0.2, 0) is 0 Å². The van der Waals surface area contributed by atoms with Gasteiger partial charge in [-0.2, -0.15) is 4.98 Å². The molecule has 0 aliphatic rings. The number of aromatic amines is 1. The lowest BCUT2D eigenvalue weighted by Crippen LogP contribution is -2.00. The van der Waals surface area contributed by atoms with Crippen molar-refractivity contribution in [3.63, 3.8) is 0 Å². The summed E-state index contributed by atoms with van der Waals surface area (Å²) in [6.45, 7) is 1.73. The van der Waals surface area contributed by atoms with E-state index in [9.17, 15) is 9.90 Å². The molecule has 0 aliphatic heterocycles. The second-order valence-electron chi connectivity index (χ2n) is 7.48. The number of nitrogens with one attached hydrogen (secondary N) is 1. The lowest BCUT2D eigenvalue weighted by atomic mass is 10.1. The van der Waals surface area contributed by atoms with Crippen molar-refractivity contribution >= 4 is 39.9 Å². The molecule has 166 valence electrons. The number of halogens is 1. The molecule has 0 fully saturated rings. The molecule has 0 saturated carbocycles. The third-order valence-electron chi connectivity index (χ3n) is 5.16. The minimum Gasteiger partial charge on any atom is -0.478 e. The van der Waals surface area contributed by atoms with Gasteiger partial charge in [0.2, 0.25) is 0 Å². The highest BCUT2D eigenvalue weighted by Gasteiger charge is 2.12. The van der Waals surface area contributed by atoms with E-state index in [2.05, 4.69) is 26.8 Å². The van der Waals surface area contributed by atoms with Crippen LogP contribution in [0, 0.1) is 18.8 Å². The molecule has 2 heterocycles. The Hall–Kier alpha value is -4.12. The van der Waals surface area contributed by atoms with Gasteiger partial charge in [0, 0.05) is 22.1 Å². The summed E-state index contributed by atoms with van der Waals surface area (Å²) in [6.07, 6.45) is 0. The fourth-order valence-corrected chi connectivity index (χ4v) is 4.14. The highest BCUT2D eigenvalue weighted by atomic mass is 35.5. The van der Waals surface area contributed by atoms with E-state index < -0.39 is 5.97 Å². The Morgan fingerprint density at radius 1 is 1.12 bits per heavy atom. The molecule has 0 amide bonds. The fraction of sp³-hybridized carbons (Fsp3) is 0.0385. The zero-order valence-electron chi connectivity index (χ0n) is 17.8. The van der Waals surface area contributed by atoms with Gasteiger partial charge >= 0.3 is 5.97 Å². The van der Waals surface area contributed by atoms with Crippen molar-refractivity contribution < 1.29 is 14.6 Å². The third kappa shape index (κ3) is 4.50. The van der Waals surface area contributed by atoms with E-state index >= 15 is 0 Å². The van der Waals surface area contributed by atoms with Gasteiger partial charge in [-0.1, -0.05) is 41.6 Å². The molecular formula is C26H16ClN3O3S. The van der Waals surface area contributed by atoms with Crippen molar-refractivity contribution in [3.8, 4) is 34.9 Å². The van der Waals surface area contributed by atoms with Crippen LogP contribution in [0.1, 0.15) is 27.0 Å². The lowest BCUT2D eigenvalue weighted by molar-refractivity contribution is 0.0695. The van der Waals surface area contributed by atoms with Gasteiger partial charge in [0.1, 0.15) is 5.75 Å². The van der Waals surface area contributed by atoms with Crippen LogP contribution in [0.4, 0.5) is 0 Å². The zero-order chi connectivity index (χ0) is 23.7. The first-order valence-electron chi connectivity index (χ1n) is 10.2. The number of rotatable bonds is 4. The fourth-order valence-electron chi connectivity index (χ4n) is 3.38. The van der Waals surface area contributed by atoms with Crippen LogP contribution in [0.5, 0.6) is 11.8 Å². The number of aromatic carboxylic acids is 1. The summed E-state index contributed by atoms with van der Waals surface area (Å²) >= 11 is 7.99. The lowest BCUT2D eigenvalue weighted by Gasteiger charge is -2.05. The van der Waals surface area contributed by atoms with Gasteiger partial charge in [-0.3, -0.25) is 0 Å². The maximum absolute atomic E-state index is 11.4. The van der Waals surface area contributed by atoms with Crippen LogP contribution < -0.4 is 4.74 Å². The van der Waals surface area contributed by atoms with Gasteiger partial charge in [0.05, 0.1) is 32.8 Å². The number of hydrogen-bond donors (Lipinski definition) is 2. The van der Waals surface area contributed by atoms with Gasteiger partial charge in [-0.05, 0) is 48.9 Å². The van der Waals surface area contributed by atoms with Gasteiger partial charge in [-0.15, -0.1) is 11.3 Å². The Morgan fingerprint density at radius 3 is 2.68 bits per heavy atom. The Bertz CT molecular complexity index is 1580. The van der Waals surface area contributed by atoms with Gasteiger partial charge < -0.3 is 14.8 Å². The molecule has 2 aromatic heterocycles. The van der Waals surface area contributed by atoms with Crippen LogP contribution in [0.2, 0.25) is 5.02 Å². The number of ether oxygens (including phenoxy) is 1. The smallest absolute Gasteiger partial charge is 0.336 e. The van der Waals surface area contributed by atoms with Crippen LogP contribution in [-0.4, -0.2) is 26.0 Å². The van der Waals surface area contributed by atoms with E-state index in [0.717, 1.165) is 16.8 Å². The summed E-state index contributed by atoms with van der Waals surface area (Å²) in [5, 5.41) is 11.8. The van der Waals surface area contributed by atoms with E-state index in [1.807, 2.05) is 35.7 Å². The second kappa shape index (κ2) is 9.02. The van der Waals surface area contributed by atoms with E-state index in [0.29, 0.717) is 32.9 Å². The van der Waals surface area contributed by atoms with E-state index in [-0.39, 0.29) is 11.6 Å². The Kier molecular flexibility index (Phi) is 5.76. The molecule has 0 spiro atoms. The highest BCUT2D eigenvalue weighted by Crippen LogP contribution is 2.27. The molecule has 0 radical (unpaired) electrons. The first kappa shape index (κ1) is 21.7. The topological polar surface area (TPSA) is 88.1 Å². The first-order valence-corrected chi connectivity index (χ1v) is 11.5. The van der Waals surface area contributed by atoms with E-state index in [1.165, 1.54) is 6.07 Å². The summed E-state index contributed by atoms with van der Waals surface area (Å²) in [5.41, 5.74) is 7.44. The number of H-pyrrole nitrogens is 1. The number of aromatic nitrogens is 3. The SMILES string of the molecule is Cc1ccc(Oc2nc3cc(Cl)c(C#Cc4ccc(-c5cscn5)cc4)cc3[nH]2)cc1C(=O)O. The summed E-state index contributed by atoms with van der Waals surface area (Å²) in [6, 6.07) is 16.5. The van der Waals surface area contributed by atoms with E-state index in [1.54, 1.807) is 42.0 Å². The number of carbonyl (C=O) groups is 1. The molecule has 6 nitrogen and oxygen atoms in total. The molecule has 0 bridgehead atoms. The number of imidazole rings is 1. The van der Waals surface area contributed by atoms with Crippen LogP contribution in [0.25, 0.3) is 22.3 Å². The number of benzene rings is 3. The molecule has 0 saturated heterocycles. The monoisotopic (exact) mass is 485 g/mol. The molecule has 0 atom stereocenters. The van der Waals surface area contributed by atoms with Gasteiger partial charge in [0.15, 0.2) is 0 Å². The van der Waals surface area contributed by atoms with Gasteiger partial charge in [-0.25, -0.2) is 9.78 Å². The molecular weight excluding hydrogens is 470 g/mol. The number of thiazole rings is 1. The average Bonchev–Trinajstić information content (AvgIpc) is 3.49. The third-order valence-corrected chi connectivity index (χ3v) is 6.06. The molecule has 5 aromatic rings. The van der Waals surface area contributed by atoms with Crippen molar-refractivity contribution in [2.24, 2.45) is 0 Å². The van der Waals surface area contributed by atoms with Crippen molar-refractivity contribution in [1.29, 1.82) is 0 Å². The standard InChI is InChI=1S/C26H16ClN3O3S/c1-15-2-9-19(11-20(15)25(31)32)33-26-29-22-10-18(21(27)12-23(22)30-26)8-5-16-3-6-17(7-4-16)24-13-34-14-28-24/h2-4,6-7,9-14H,1H3,(H,29,30)(H,31,32). The predicted molar refractivity (Wildman–Crippen MR) is 133 cm³/mol. The number of carboxylic acids is 1. The van der Waals surface area contributed by atoms with Crippen molar-refractivity contribution in [2.45, 2.75) is 6.92 Å². The maximum atomic E-state index is 11.4. The highest BCUT2D eigenvalue weighted by molar-refractivity contribution is 7.07. The molecule has 5 rings (SSSR count). The van der Waals surface area contributed by atoms with Crippen molar-refractivity contribution in [3.05, 3.63) is 92.8 Å². The molecule has 0 aliphatic carbocycles. The predicted octanol–water partition coefficient (Wildman–Crippen LogP) is 6.54. The van der Waals surface area contributed by atoms with Crippen molar-refractivity contribution in [2.75, 3.05) is 0 Å². The number of nitrogens with zero attached hydrogens (tertiary/aromatic N) is 2. The molecule has 3 aromatic carbocycles. The normalized spacial score (nSPS) is 10.6. The summed E-state index contributed by atoms with van der Waals surface area (Å²) in [5.74, 6) is 5.60. The summed E-state index contributed by atoms with van der Waals surface area (Å²) in [7, 11) is 0. The van der Waals surface area contributed by atoms with Gasteiger partial charge in [0.25, 0.3) is 6.01 Å². The van der Waals surface area contributed by atoms with Crippen LogP contribution >= 0.6 is 22.9 Å².